The number of carbonyl (C=O) groups excluding carboxylic acids is 1. The largest absolute Gasteiger partial charge is 0.441 e. The summed E-state index contributed by atoms with van der Waals surface area (Å²) in [7, 11) is 0. The second-order valence-corrected chi connectivity index (χ2v) is 8.64. The first-order chi connectivity index (χ1) is 12.5. The van der Waals surface area contributed by atoms with E-state index in [0.29, 0.717) is 6.04 Å². The van der Waals surface area contributed by atoms with Crippen LogP contribution in [0.5, 0.6) is 0 Å². The predicted octanol–water partition coefficient (Wildman–Crippen LogP) is 2.10. The number of ether oxygens (including phenoxy) is 1. The van der Waals surface area contributed by atoms with Crippen LogP contribution in [0.2, 0.25) is 0 Å². The molecule has 26 heavy (non-hydrogen) atoms. The van der Waals surface area contributed by atoms with Gasteiger partial charge in [-0.25, -0.2) is 4.79 Å². The van der Waals surface area contributed by atoms with Gasteiger partial charge in [-0.1, -0.05) is 6.92 Å². The Balaban J connectivity index is 1.37. The predicted molar refractivity (Wildman–Crippen MR) is 105 cm³/mol. The van der Waals surface area contributed by atoms with Crippen LogP contribution in [-0.2, 0) is 4.74 Å². The molecule has 3 aliphatic rings. The molecule has 0 saturated carbocycles. The Bertz CT molecular complexity index is 455. The van der Waals surface area contributed by atoms with Crippen molar-refractivity contribution in [2.75, 3.05) is 65.4 Å². The van der Waals surface area contributed by atoms with Crippen molar-refractivity contribution in [2.24, 2.45) is 0 Å². The summed E-state index contributed by atoms with van der Waals surface area (Å²) in [6.45, 7) is 17.4. The van der Waals surface area contributed by atoms with Gasteiger partial charge >= 0.3 is 6.09 Å². The molecule has 0 aromatic heterocycles. The van der Waals surface area contributed by atoms with Gasteiger partial charge in [0, 0.05) is 64.7 Å². The lowest BCUT2D eigenvalue weighted by Crippen LogP contribution is -2.49. The molecule has 3 fully saturated rings. The Kier molecular flexibility index (Phi) is 6.81. The quantitative estimate of drug-likeness (QED) is 0.690. The summed E-state index contributed by atoms with van der Waals surface area (Å²) in [5.74, 6) is 0. The number of rotatable bonds is 7. The fraction of sp³-hybridized carbons (Fsp3) is 0.950. The molecule has 150 valence electrons. The van der Waals surface area contributed by atoms with Gasteiger partial charge < -0.3 is 19.4 Å². The highest BCUT2D eigenvalue weighted by Gasteiger charge is 2.46. The molecule has 1 spiro atoms. The summed E-state index contributed by atoms with van der Waals surface area (Å²) in [5.41, 5.74) is -0.204. The molecule has 3 saturated heterocycles. The highest BCUT2D eigenvalue weighted by molar-refractivity contribution is 5.70. The fourth-order valence-electron chi connectivity index (χ4n) is 4.61. The maximum atomic E-state index is 12.3. The zero-order valence-corrected chi connectivity index (χ0v) is 17.1. The summed E-state index contributed by atoms with van der Waals surface area (Å²) in [6.07, 6.45) is 4.15. The molecule has 6 nitrogen and oxygen atoms in total. The van der Waals surface area contributed by atoms with Crippen molar-refractivity contribution in [1.29, 1.82) is 0 Å². The molecule has 0 atom stereocenters. The molecule has 0 N–H and O–H groups in total. The maximum absolute atomic E-state index is 12.3. The molecule has 3 rings (SSSR count). The van der Waals surface area contributed by atoms with E-state index in [1.165, 1.54) is 19.5 Å². The number of piperidine rings is 1. The van der Waals surface area contributed by atoms with Crippen LogP contribution in [-0.4, -0.2) is 103 Å². The minimum atomic E-state index is -0.204. The maximum Gasteiger partial charge on any atom is 0.410 e. The summed E-state index contributed by atoms with van der Waals surface area (Å²) in [4.78, 5) is 21.9. The van der Waals surface area contributed by atoms with Crippen LogP contribution in [0, 0.1) is 0 Å². The normalized spacial score (nSPS) is 25.4. The average molecular weight is 367 g/mol. The van der Waals surface area contributed by atoms with Crippen LogP contribution >= 0.6 is 0 Å². The number of piperazine rings is 1. The van der Waals surface area contributed by atoms with E-state index in [0.717, 1.165) is 71.6 Å². The number of hydrogen-bond donors (Lipinski definition) is 0. The molecule has 0 aromatic carbocycles. The van der Waals surface area contributed by atoms with Crippen molar-refractivity contribution in [3.05, 3.63) is 0 Å². The lowest BCUT2D eigenvalue weighted by atomic mass is 9.91. The van der Waals surface area contributed by atoms with Gasteiger partial charge in [-0.3, -0.25) is 4.90 Å². The molecule has 3 aliphatic heterocycles. The van der Waals surface area contributed by atoms with E-state index in [1.807, 2.05) is 4.90 Å². The van der Waals surface area contributed by atoms with Crippen molar-refractivity contribution in [3.8, 4) is 0 Å². The number of hydrogen-bond acceptors (Lipinski definition) is 5. The Morgan fingerprint density at radius 3 is 2.23 bits per heavy atom. The SMILES string of the molecule is CCCN1CCC2(CC1)CN(CCCN1CCN(C(C)C)CC1)C(=O)O2. The smallest absolute Gasteiger partial charge is 0.410 e. The lowest BCUT2D eigenvalue weighted by Gasteiger charge is -2.37. The van der Waals surface area contributed by atoms with Gasteiger partial charge in [-0.2, -0.15) is 0 Å². The van der Waals surface area contributed by atoms with Gasteiger partial charge in [-0.05, 0) is 39.8 Å². The average Bonchev–Trinajstić information content (AvgIpc) is 2.93. The van der Waals surface area contributed by atoms with Gasteiger partial charge in [0.05, 0.1) is 6.54 Å². The van der Waals surface area contributed by atoms with Crippen molar-refractivity contribution in [1.82, 2.24) is 19.6 Å². The monoisotopic (exact) mass is 366 g/mol. The zero-order valence-electron chi connectivity index (χ0n) is 17.1. The standard InChI is InChI=1S/C20H38N4O2/c1-4-8-21-11-6-20(7-12-21)17-24(19(25)26-20)10-5-9-22-13-15-23(16-14-22)18(2)3/h18H,4-17H2,1-3H3. The molecule has 1 amide bonds. The number of nitrogens with zero attached hydrogens (tertiary/aromatic N) is 4. The molecule has 0 radical (unpaired) electrons. The first-order valence-corrected chi connectivity index (χ1v) is 10.7. The molecular weight excluding hydrogens is 328 g/mol. The van der Waals surface area contributed by atoms with E-state index in [4.69, 9.17) is 4.74 Å². The van der Waals surface area contributed by atoms with Crippen molar-refractivity contribution >= 4 is 6.09 Å². The number of amides is 1. The van der Waals surface area contributed by atoms with Crippen LogP contribution in [0.4, 0.5) is 4.79 Å². The third-order valence-electron chi connectivity index (χ3n) is 6.39. The highest BCUT2D eigenvalue weighted by atomic mass is 16.6. The summed E-state index contributed by atoms with van der Waals surface area (Å²) in [6, 6.07) is 0.649. The Morgan fingerprint density at radius 2 is 1.62 bits per heavy atom. The zero-order chi connectivity index (χ0) is 18.6. The van der Waals surface area contributed by atoms with Crippen LogP contribution in [0.3, 0.4) is 0 Å². The molecule has 0 unspecified atom stereocenters. The van der Waals surface area contributed by atoms with E-state index in [2.05, 4.69) is 35.5 Å². The summed E-state index contributed by atoms with van der Waals surface area (Å²) in [5, 5.41) is 0. The van der Waals surface area contributed by atoms with E-state index >= 15 is 0 Å². The molecule has 0 aliphatic carbocycles. The minimum Gasteiger partial charge on any atom is -0.441 e. The van der Waals surface area contributed by atoms with Crippen molar-refractivity contribution in [3.63, 3.8) is 0 Å². The van der Waals surface area contributed by atoms with Gasteiger partial charge in [0.1, 0.15) is 5.60 Å². The Labute approximate surface area is 159 Å². The topological polar surface area (TPSA) is 39.3 Å². The van der Waals surface area contributed by atoms with Gasteiger partial charge in [0.25, 0.3) is 0 Å². The minimum absolute atomic E-state index is 0.0847. The second kappa shape index (κ2) is 8.89. The van der Waals surface area contributed by atoms with E-state index < -0.39 is 0 Å². The Hall–Kier alpha value is -0.850. The van der Waals surface area contributed by atoms with Gasteiger partial charge in [0.15, 0.2) is 0 Å². The number of carbonyl (C=O) groups is 1. The highest BCUT2D eigenvalue weighted by Crippen LogP contribution is 2.33. The third-order valence-corrected chi connectivity index (χ3v) is 6.39. The lowest BCUT2D eigenvalue weighted by molar-refractivity contribution is 0.000788. The first kappa shape index (κ1) is 19.9. The summed E-state index contributed by atoms with van der Waals surface area (Å²) < 4.78 is 5.85. The van der Waals surface area contributed by atoms with Crippen LogP contribution in [0.1, 0.15) is 46.5 Å². The second-order valence-electron chi connectivity index (χ2n) is 8.64. The number of likely N-dealkylation sites (tertiary alicyclic amines) is 1. The fourth-order valence-corrected chi connectivity index (χ4v) is 4.61. The van der Waals surface area contributed by atoms with E-state index in [-0.39, 0.29) is 11.7 Å². The first-order valence-electron chi connectivity index (χ1n) is 10.7. The molecule has 3 heterocycles. The summed E-state index contributed by atoms with van der Waals surface area (Å²) >= 11 is 0. The van der Waals surface area contributed by atoms with Crippen LogP contribution < -0.4 is 0 Å². The van der Waals surface area contributed by atoms with Crippen LogP contribution in [0.15, 0.2) is 0 Å². The molecular formula is C20H38N4O2. The third kappa shape index (κ3) is 4.90. The molecule has 0 bridgehead atoms. The van der Waals surface area contributed by atoms with Gasteiger partial charge in [0.2, 0.25) is 0 Å². The van der Waals surface area contributed by atoms with Crippen molar-refractivity contribution in [2.45, 2.75) is 58.1 Å². The van der Waals surface area contributed by atoms with Gasteiger partial charge in [-0.15, -0.1) is 0 Å². The Morgan fingerprint density at radius 1 is 0.962 bits per heavy atom. The van der Waals surface area contributed by atoms with E-state index in [9.17, 15) is 4.79 Å². The molecule has 0 aromatic rings. The molecule has 6 heteroatoms. The van der Waals surface area contributed by atoms with E-state index in [1.54, 1.807) is 0 Å². The van der Waals surface area contributed by atoms with Crippen molar-refractivity contribution < 1.29 is 9.53 Å². The van der Waals surface area contributed by atoms with Crippen LogP contribution in [0.25, 0.3) is 0 Å².